The maximum atomic E-state index is 12.7. The Morgan fingerprint density at radius 1 is 1.07 bits per heavy atom. The van der Waals surface area contributed by atoms with Gasteiger partial charge in [-0.15, -0.1) is 5.10 Å². The van der Waals surface area contributed by atoms with Crippen LogP contribution < -0.4 is 0 Å². The van der Waals surface area contributed by atoms with Gasteiger partial charge >= 0.3 is 0 Å². The predicted molar refractivity (Wildman–Crippen MR) is 94.0 cm³/mol. The van der Waals surface area contributed by atoms with E-state index in [1.807, 2.05) is 10.9 Å². The third-order valence-corrected chi connectivity index (χ3v) is 5.59. The highest BCUT2D eigenvalue weighted by Crippen LogP contribution is 2.39. The van der Waals surface area contributed by atoms with E-state index >= 15 is 0 Å². The van der Waals surface area contributed by atoms with Gasteiger partial charge in [0, 0.05) is 25.2 Å². The molecule has 8 heteroatoms. The second-order valence-electron chi connectivity index (χ2n) is 7.42. The van der Waals surface area contributed by atoms with Crippen LogP contribution in [0.3, 0.4) is 0 Å². The number of amides is 3. The van der Waals surface area contributed by atoms with E-state index < -0.39 is 11.8 Å². The molecule has 1 atom stereocenters. The van der Waals surface area contributed by atoms with Crippen molar-refractivity contribution in [2.24, 2.45) is 0 Å². The van der Waals surface area contributed by atoms with E-state index in [2.05, 4.69) is 10.3 Å². The summed E-state index contributed by atoms with van der Waals surface area (Å²) in [7, 11) is 0. The summed E-state index contributed by atoms with van der Waals surface area (Å²) >= 11 is 0. The number of carbonyl (C=O) groups is 3. The van der Waals surface area contributed by atoms with Crippen LogP contribution in [0.5, 0.6) is 0 Å². The molecule has 3 aliphatic rings. The molecule has 3 amide bonds. The molecule has 1 aliphatic carbocycles. The first-order chi connectivity index (χ1) is 13.1. The highest BCUT2D eigenvalue weighted by molar-refractivity contribution is 6.22. The summed E-state index contributed by atoms with van der Waals surface area (Å²) in [5.41, 5.74) is 1.76. The fourth-order valence-corrected chi connectivity index (χ4v) is 3.84. The largest absolute Gasteiger partial charge is 0.339 e. The number of imide groups is 1. The van der Waals surface area contributed by atoms with Crippen LogP contribution in [0.4, 0.5) is 0 Å². The quantitative estimate of drug-likeness (QED) is 0.761. The predicted octanol–water partition coefficient (Wildman–Crippen LogP) is 1.23. The third-order valence-electron chi connectivity index (χ3n) is 5.59. The van der Waals surface area contributed by atoms with Gasteiger partial charge in [-0.25, -0.2) is 4.68 Å². The van der Waals surface area contributed by atoms with Crippen LogP contribution in [0.1, 0.15) is 57.6 Å². The second-order valence-corrected chi connectivity index (χ2v) is 7.42. The van der Waals surface area contributed by atoms with Gasteiger partial charge in [0.1, 0.15) is 6.54 Å². The van der Waals surface area contributed by atoms with Crippen LogP contribution in [0.15, 0.2) is 30.5 Å². The average Bonchev–Trinajstić information content (AvgIpc) is 3.13. The molecular weight excluding hydrogens is 346 g/mol. The first kappa shape index (κ1) is 16.2. The molecule has 3 heterocycles. The molecule has 138 valence electrons. The Morgan fingerprint density at radius 2 is 1.78 bits per heavy atom. The van der Waals surface area contributed by atoms with E-state index in [0.29, 0.717) is 30.1 Å². The van der Waals surface area contributed by atoms with Gasteiger partial charge in [0.05, 0.1) is 22.9 Å². The Balaban J connectivity index is 1.24. The Labute approximate surface area is 155 Å². The number of rotatable bonds is 4. The summed E-state index contributed by atoms with van der Waals surface area (Å²) in [6, 6.07) is 6.77. The van der Waals surface area contributed by atoms with Crippen molar-refractivity contribution in [1.29, 1.82) is 0 Å². The molecule has 2 aromatic rings. The van der Waals surface area contributed by atoms with E-state index in [1.165, 1.54) is 12.8 Å². The first-order valence-electron chi connectivity index (χ1n) is 9.26. The highest BCUT2D eigenvalue weighted by Gasteiger charge is 2.38. The van der Waals surface area contributed by atoms with Gasteiger partial charge in [0.25, 0.3) is 11.8 Å². The summed E-state index contributed by atoms with van der Waals surface area (Å²) in [6.45, 7) is 0.893. The van der Waals surface area contributed by atoms with Gasteiger partial charge in [-0.1, -0.05) is 17.3 Å². The van der Waals surface area contributed by atoms with Crippen LogP contribution in [0.25, 0.3) is 0 Å². The molecule has 5 rings (SSSR count). The summed E-state index contributed by atoms with van der Waals surface area (Å²) in [5, 5.41) is 8.45. The van der Waals surface area contributed by atoms with Crippen molar-refractivity contribution in [3.8, 4) is 0 Å². The first-order valence-corrected chi connectivity index (χ1v) is 9.26. The molecule has 1 saturated carbocycles. The Morgan fingerprint density at radius 3 is 2.44 bits per heavy atom. The zero-order valence-corrected chi connectivity index (χ0v) is 14.7. The smallest absolute Gasteiger partial charge is 0.262 e. The summed E-state index contributed by atoms with van der Waals surface area (Å²) in [4.78, 5) is 40.3. The highest BCUT2D eigenvalue weighted by atomic mass is 16.2. The van der Waals surface area contributed by atoms with Crippen molar-refractivity contribution in [2.75, 3.05) is 19.6 Å². The van der Waals surface area contributed by atoms with Crippen molar-refractivity contribution in [1.82, 2.24) is 24.8 Å². The molecule has 0 radical (unpaired) electrons. The standard InChI is InChI=1S/C19H19N5O3/c25-17(11-23-18(26)14-3-1-2-4-15(14)19(23)27)22-8-7-13(9-22)24-10-16(20-21-24)12-5-6-12/h1-4,10,12-13H,5-9,11H2. The molecule has 8 nitrogen and oxygen atoms in total. The number of nitrogens with zero attached hydrogens (tertiary/aromatic N) is 5. The molecule has 0 N–H and O–H groups in total. The zero-order valence-electron chi connectivity index (χ0n) is 14.7. The normalized spacial score (nSPS) is 21.9. The van der Waals surface area contributed by atoms with E-state index in [9.17, 15) is 14.4 Å². The van der Waals surface area contributed by atoms with Crippen LogP contribution >= 0.6 is 0 Å². The molecule has 1 saturated heterocycles. The van der Waals surface area contributed by atoms with Gasteiger partial charge in [-0.2, -0.15) is 0 Å². The summed E-state index contributed by atoms with van der Waals surface area (Å²) in [5.74, 6) is -0.462. The Hall–Kier alpha value is -3.03. The fraction of sp³-hybridized carbons (Fsp3) is 0.421. The van der Waals surface area contributed by atoms with E-state index in [0.717, 1.165) is 17.0 Å². The minimum Gasteiger partial charge on any atom is -0.339 e. The lowest BCUT2D eigenvalue weighted by molar-refractivity contribution is -0.130. The lowest BCUT2D eigenvalue weighted by Crippen LogP contribution is -2.42. The van der Waals surface area contributed by atoms with Crippen LogP contribution in [0.2, 0.25) is 0 Å². The maximum Gasteiger partial charge on any atom is 0.262 e. The average molecular weight is 365 g/mol. The number of benzene rings is 1. The molecule has 2 fully saturated rings. The lowest BCUT2D eigenvalue weighted by Gasteiger charge is -2.20. The Kier molecular flexibility index (Phi) is 3.60. The van der Waals surface area contributed by atoms with E-state index in [4.69, 9.17) is 0 Å². The van der Waals surface area contributed by atoms with E-state index in [-0.39, 0.29) is 18.5 Å². The SMILES string of the molecule is O=C(CN1C(=O)c2ccccc2C1=O)N1CCC(n2cc(C3CC3)nn2)C1. The van der Waals surface area contributed by atoms with Gasteiger partial charge in [0.2, 0.25) is 5.91 Å². The summed E-state index contributed by atoms with van der Waals surface area (Å²) in [6.07, 6.45) is 5.13. The lowest BCUT2D eigenvalue weighted by atomic mass is 10.1. The third kappa shape index (κ3) is 2.72. The second kappa shape index (κ2) is 6.00. The minimum absolute atomic E-state index is 0.0936. The van der Waals surface area contributed by atoms with Crippen molar-refractivity contribution < 1.29 is 14.4 Å². The number of aromatic nitrogens is 3. The van der Waals surface area contributed by atoms with Gasteiger partial charge in [0.15, 0.2) is 0 Å². The molecule has 2 aliphatic heterocycles. The van der Waals surface area contributed by atoms with Crippen LogP contribution in [-0.4, -0.2) is 62.1 Å². The maximum absolute atomic E-state index is 12.7. The van der Waals surface area contributed by atoms with Gasteiger partial charge < -0.3 is 4.90 Å². The van der Waals surface area contributed by atoms with Gasteiger partial charge in [-0.05, 0) is 31.4 Å². The Bertz CT molecular complexity index is 913. The number of hydrogen-bond donors (Lipinski definition) is 0. The van der Waals surface area contributed by atoms with Crippen molar-refractivity contribution in [3.63, 3.8) is 0 Å². The monoisotopic (exact) mass is 365 g/mol. The summed E-state index contributed by atoms with van der Waals surface area (Å²) < 4.78 is 1.85. The number of likely N-dealkylation sites (tertiary alicyclic amines) is 1. The molecular formula is C19H19N5O3. The van der Waals surface area contributed by atoms with Gasteiger partial charge in [-0.3, -0.25) is 19.3 Å². The minimum atomic E-state index is -0.398. The zero-order chi connectivity index (χ0) is 18.5. The number of carbonyl (C=O) groups excluding carboxylic acids is 3. The van der Waals surface area contributed by atoms with Crippen molar-refractivity contribution >= 4 is 17.7 Å². The topological polar surface area (TPSA) is 88.4 Å². The molecule has 1 unspecified atom stereocenters. The number of fused-ring (bicyclic) bond motifs is 1. The van der Waals surface area contributed by atoms with Crippen molar-refractivity contribution in [3.05, 3.63) is 47.3 Å². The molecule has 27 heavy (non-hydrogen) atoms. The fourth-order valence-electron chi connectivity index (χ4n) is 3.84. The molecule has 1 aromatic heterocycles. The molecule has 0 bridgehead atoms. The van der Waals surface area contributed by atoms with Crippen molar-refractivity contribution in [2.45, 2.75) is 31.2 Å². The van der Waals surface area contributed by atoms with Crippen LogP contribution in [0, 0.1) is 0 Å². The molecule has 0 spiro atoms. The van der Waals surface area contributed by atoms with E-state index in [1.54, 1.807) is 29.2 Å². The number of hydrogen-bond acceptors (Lipinski definition) is 5. The van der Waals surface area contributed by atoms with Crippen LogP contribution in [-0.2, 0) is 4.79 Å². The molecule has 1 aromatic carbocycles.